The van der Waals surface area contributed by atoms with Crippen LogP contribution in [-0.4, -0.2) is 0 Å². The number of anilines is 1. The first-order valence-corrected chi connectivity index (χ1v) is 4.78. The molecule has 0 aliphatic carbocycles. The molecule has 2 N–H and O–H groups in total. The van der Waals surface area contributed by atoms with Gasteiger partial charge in [-0.2, -0.15) is 0 Å². The topological polar surface area (TPSA) is 26.0 Å². The lowest BCUT2D eigenvalue weighted by Gasteiger charge is -1.93. The van der Waals surface area contributed by atoms with E-state index in [0.717, 1.165) is 0 Å². The molecule has 0 aliphatic rings. The Hall–Kier alpha value is -0.760. The average molecular weight is 206 g/mol. The molecule has 0 bridgehead atoms. The Morgan fingerprint density at radius 3 is 1.92 bits per heavy atom. The molecule has 0 spiro atoms. The van der Waals surface area contributed by atoms with E-state index in [9.17, 15) is 4.39 Å². The second kappa shape index (κ2) is 9.33. The predicted octanol–water partition coefficient (Wildman–Crippen LogP) is 4.11. The lowest BCUT2D eigenvalue weighted by atomic mass is 10.3. The molecular weight excluding hydrogens is 189 g/mol. The van der Waals surface area contributed by atoms with Crippen molar-refractivity contribution in [1.82, 2.24) is 0 Å². The summed E-state index contributed by atoms with van der Waals surface area (Å²) < 4.78 is 12.3. The number of nitrogen functional groups attached to an aromatic ring is 1. The Morgan fingerprint density at radius 1 is 1.15 bits per heavy atom. The van der Waals surface area contributed by atoms with Crippen molar-refractivity contribution >= 4 is 17.3 Å². The highest BCUT2D eigenvalue weighted by Gasteiger charge is 1.95. The second-order valence-electron chi connectivity index (χ2n) is 1.67. The minimum atomic E-state index is -0.439. The summed E-state index contributed by atoms with van der Waals surface area (Å²) in [6.07, 6.45) is 0. The van der Waals surface area contributed by atoms with Crippen LogP contribution in [0.3, 0.4) is 0 Å². The van der Waals surface area contributed by atoms with Crippen molar-refractivity contribution in [2.75, 3.05) is 5.73 Å². The van der Waals surface area contributed by atoms with E-state index in [4.69, 9.17) is 17.3 Å². The summed E-state index contributed by atoms with van der Waals surface area (Å²) in [6.45, 7) is 8.00. The van der Waals surface area contributed by atoms with Crippen LogP contribution in [0.1, 0.15) is 27.7 Å². The van der Waals surface area contributed by atoms with E-state index in [1.807, 2.05) is 27.7 Å². The van der Waals surface area contributed by atoms with Crippen molar-refractivity contribution in [3.8, 4) is 0 Å². The molecule has 3 heteroatoms. The Labute approximate surface area is 84.7 Å². The molecule has 1 aromatic rings. The summed E-state index contributed by atoms with van der Waals surface area (Å²) >= 11 is 5.36. The lowest BCUT2D eigenvalue weighted by Crippen LogP contribution is -1.84. The normalized spacial score (nSPS) is 7.54. The van der Waals surface area contributed by atoms with Crippen molar-refractivity contribution in [2.24, 2.45) is 0 Å². The first kappa shape index (κ1) is 14.7. The van der Waals surface area contributed by atoms with Gasteiger partial charge in [-0.25, -0.2) is 4.39 Å². The zero-order valence-electron chi connectivity index (χ0n) is 8.57. The van der Waals surface area contributed by atoms with Crippen molar-refractivity contribution in [3.63, 3.8) is 0 Å². The van der Waals surface area contributed by atoms with Gasteiger partial charge in [0.1, 0.15) is 5.82 Å². The highest BCUT2D eigenvalue weighted by atomic mass is 35.5. The van der Waals surface area contributed by atoms with E-state index >= 15 is 0 Å². The van der Waals surface area contributed by atoms with Gasteiger partial charge in [0.25, 0.3) is 0 Å². The van der Waals surface area contributed by atoms with Gasteiger partial charge in [0.15, 0.2) is 0 Å². The Kier molecular flexibility index (Phi) is 10.6. The molecule has 1 rings (SSSR count). The third kappa shape index (κ3) is 6.41. The summed E-state index contributed by atoms with van der Waals surface area (Å²) in [5.41, 5.74) is 5.75. The minimum absolute atomic E-state index is 0.0648. The maximum Gasteiger partial charge on any atom is 0.141 e. The number of benzene rings is 1. The van der Waals surface area contributed by atoms with Gasteiger partial charge in [0.05, 0.1) is 5.02 Å². The van der Waals surface area contributed by atoms with E-state index < -0.39 is 5.82 Å². The van der Waals surface area contributed by atoms with Crippen LogP contribution in [0.4, 0.5) is 10.1 Å². The van der Waals surface area contributed by atoms with Crippen molar-refractivity contribution in [3.05, 3.63) is 29.0 Å². The highest BCUT2D eigenvalue weighted by molar-refractivity contribution is 6.31. The van der Waals surface area contributed by atoms with Crippen molar-refractivity contribution in [1.29, 1.82) is 0 Å². The van der Waals surface area contributed by atoms with Gasteiger partial charge in [-0.05, 0) is 18.2 Å². The van der Waals surface area contributed by atoms with Crippen LogP contribution >= 0.6 is 11.6 Å². The smallest absolute Gasteiger partial charge is 0.141 e. The number of halogens is 2. The summed E-state index contributed by atoms with van der Waals surface area (Å²) in [5, 5.41) is 0.0648. The summed E-state index contributed by atoms with van der Waals surface area (Å²) in [4.78, 5) is 0. The highest BCUT2D eigenvalue weighted by Crippen LogP contribution is 2.16. The molecule has 1 aromatic carbocycles. The van der Waals surface area contributed by atoms with Crippen molar-refractivity contribution in [2.45, 2.75) is 27.7 Å². The van der Waals surface area contributed by atoms with Gasteiger partial charge in [-0.3, -0.25) is 0 Å². The molecule has 0 amide bonds. The third-order valence-electron chi connectivity index (χ3n) is 0.944. The van der Waals surface area contributed by atoms with E-state index in [0.29, 0.717) is 5.69 Å². The fraction of sp³-hybridized carbons (Fsp3) is 0.400. The Bertz CT molecular complexity index is 226. The lowest BCUT2D eigenvalue weighted by molar-refractivity contribution is 0.628. The van der Waals surface area contributed by atoms with Gasteiger partial charge >= 0.3 is 0 Å². The summed E-state index contributed by atoms with van der Waals surface area (Å²) in [7, 11) is 0. The van der Waals surface area contributed by atoms with Crippen LogP contribution in [0.25, 0.3) is 0 Å². The van der Waals surface area contributed by atoms with Crippen LogP contribution in [0.5, 0.6) is 0 Å². The molecule has 0 radical (unpaired) electrons. The van der Waals surface area contributed by atoms with E-state index in [-0.39, 0.29) is 5.02 Å². The molecule has 76 valence electrons. The van der Waals surface area contributed by atoms with Gasteiger partial charge in [-0.15, -0.1) is 0 Å². The minimum Gasteiger partial charge on any atom is -0.399 e. The largest absolute Gasteiger partial charge is 0.399 e. The molecule has 0 saturated carbocycles. The molecule has 0 aromatic heterocycles. The van der Waals surface area contributed by atoms with Gasteiger partial charge in [0.2, 0.25) is 0 Å². The average Bonchev–Trinajstić information content (AvgIpc) is 2.18. The van der Waals surface area contributed by atoms with Gasteiger partial charge in [0, 0.05) is 5.69 Å². The molecule has 0 atom stereocenters. The van der Waals surface area contributed by atoms with Gasteiger partial charge < -0.3 is 5.73 Å². The van der Waals surface area contributed by atoms with Crippen LogP contribution in [0.2, 0.25) is 5.02 Å². The first-order valence-electron chi connectivity index (χ1n) is 4.40. The van der Waals surface area contributed by atoms with Gasteiger partial charge in [-0.1, -0.05) is 39.3 Å². The SMILES string of the molecule is CC.CC.Nc1ccc(F)c(Cl)c1. The molecule has 0 aliphatic heterocycles. The van der Waals surface area contributed by atoms with Crippen LogP contribution in [0, 0.1) is 5.82 Å². The zero-order chi connectivity index (χ0) is 10.9. The molecule has 0 unspecified atom stereocenters. The molecular formula is C10H17ClFN. The monoisotopic (exact) mass is 205 g/mol. The van der Waals surface area contributed by atoms with E-state index in [1.54, 1.807) is 0 Å². The fourth-order valence-electron chi connectivity index (χ4n) is 0.512. The quantitative estimate of drug-likeness (QED) is 0.634. The number of hydrogen-bond donors (Lipinski definition) is 1. The predicted molar refractivity (Wildman–Crippen MR) is 58.5 cm³/mol. The Morgan fingerprint density at radius 2 is 1.62 bits per heavy atom. The maximum absolute atomic E-state index is 12.3. The second-order valence-corrected chi connectivity index (χ2v) is 2.08. The number of hydrogen-bond acceptors (Lipinski definition) is 1. The molecule has 0 heterocycles. The summed E-state index contributed by atoms with van der Waals surface area (Å²) in [5.74, 6) is -0.439. The number of rotatable bonds is 0. The van der Waals surface area contributed by atoms with Crippen molar-refractivity contribution < 1.29 is 4.39 Å². The molecule has 0 saturated heterocycles. The standard InChI is InChI=1S/C6H5ClFN.2C2H6/c7-5-3-4(9)1-2-6(5)8;2*1-2/h1-3H,9H2;2*1-2H3. The molecule has 1 nitrogen and oxygen atoms in total. The molecule has 13 heavy (non-hydrogen) atoms. The fourth-order valence-corrected chi connectivity index (χ4v) is 0.701. The van der Waals surface area contributed by atoms with Crippen LogP contribution in [0.15, 0.2) is 18.2 Å². The Balaban J connectivity index is 0. The third-order valence-corrected chi connectivity index (χ3v) is 1.23. The summed E-state index contributed by atoms with van der Waals surface area (Å²) in [6, 6.07) is 4.07. The number of nitrogens with two attached hydrogens (primary N) is 1. The first-order chi connectivity index (χ1) is 6.20. The van der Waals surface area contributed by atoms with Crippen LogP contribution in [-0.2, 0) is 0 Å². The van der Waals surface area contributed by atoms with E-state index in [1.165, 1.54) is 18.2 Å². The van der Waals surface area contributed by atoms with Crippen LogP contribution < -0.4 is 5.73 Å². The maximum atomic E-state index is 12.3. The zero-order valence-corrected chi connectivity index (χ0v) is 9.32. The molecule has 0 fully saturated rings. The van der Waals surface area contributed by atoms with E-state index in [2.05, 4.69) is 0 Å².